The highest BCUT2D eigenvalue weighted by atomic mass is 35.5. The Bertz CT molecular complexity index is 896. The molecular weight excluding hydrogens is 384 g/mol. The zero-order valence-corrected chi connectivity index (χ0v) is 17.4. The minimum absolute atomic E-state index is 0.232. The molecule has 0 heterocycles. The van der Waals surface area contributed by atoms with Crippen molar-refractivity contribution in [1.82, 2.24) is 5.32 Å². The Labute approximate surface area is 166 Å². The molecule has 0 unspecified atom stereocenters. The monoisotopic (exact) mass is 408 g/mol. The Morgan fingerprint density at radius 1 is 1.11 bits per heavy atom. The van der Waals surface area contributed by atoms with E-state index < -0.39 is 10.0 Å². The summed E-state index contributed by atoms with van der Waals surface area (Å²) in [5, 5.41) is 3.49. The number of nitrogens with zero attached hydrogens (tertiary/aromatic N) is 1. The summed E-state index contributed by atoms with van der Waals surface area (Å²) >= 11 is 5.86. The van der Waals surface area contributed by atoms with Crippen LogP contribution in [0.4, 0.5) is 5.69 Å². The van der Waals surface area contributed by atoms with E-state index in [1.54, 1.807) is 12.1 Å². The summed E-state index contributed by atoms with van der Waals surface area (Å²) in [6, 6.07) is 13.0. The first-order valence-corrected chi connectivity index (χ1v) is 11.0. The van der Waals surface area contributed by atoms with Crippen molar-refractivity contribution in [3.05, 3.63) is 64.2 Å². The molecule has 0 spiro atoms. The number of benzene rings is 2. The van der Waals surface area contributed by atoms with E-state index in [1.165, 1.54) is 0 Å². The zero-order chi connectivity index (χ0) is 20.0. The van der Waals surface area contributed by atoms with Gasteiger partial charge in [0.25, 0.3) is 0 Å². The van der Waals surface area contributed by atoms with E-state index in [4.69, 9.17) is 11.6 Å². The topological polar surface area (TPSA) is 66.5 Å². The van der Waals surface area contributed by atoms with E-state index in [0.717, 1.165) is 40.1 Å². The van der Waals surface area contributed by atoms with Gasteiger partial charge in [0, 0.05) is 11.6 Å². The highest BCUT2D eigenvalue weighted by Gasteiger charge is 2.22. The van der Waals surface area contributed by atoms with Crippen molar-refractivity contribution < 1.29 is 13.2 Å². The van der Waals surface area contributed by atoms with Gasteiger partial charge in [-0.05, 0) is 61.6 Å². The number of hydrogen-bond donors (Lipinski definition) is 1. The smallest absolute Gasteiger partial charge is 0.240 e. The third-order valence-electron chi connectivity index (χ3n) is 4.41. The van der Waals surface area contributed by atoms with Gasteiger partial charge in [0.2, 0.25) is 15.9 Å². The average Bonchev–Trinajstić information content (AvgIpc) is 2.60. The highest BCUT2D eigenvalue weighted by Crippen LogP contribution is 2.24. The predicted octanol–water partition coefficient (Wildman–Crippen LogP) is 3.47. The van der Waals surface area contributed by atoms with Gasteiger partial charge in [-0.25, -0.2) is 8.42 Å². The van der Waals surface area contributed by atoms with Crippen LogP contribution in [0.1, 0.15) is 23.1 Å². The van der Waals surface area contributed by atoms with Gasteiger partial charge in [-0.3, -0.25) is 9.10 Å². The quantitative estimate of drug-likeness (QED) is 0.680. The second kappa shape index (κ2) is 9.24. The Hall–Kier alpha value is -2.05. The molecule has 0 aromatic heterocycles. The van der Waals surface area contributed by atoms with Crippen LogP contribution >= 0.6 is 11.6 Å². The van der Waals surface area contributed by atoms with Crippen LogP contribution in [0.5, 0.6) is 0 Å². The van der Waals surface area contributed by atoms with Crippen molar-refractivity contribution in [2.24, 2.45) is 0 Å². The van der Waals surface area contributed by atoms with Gasteiger partial charge in [-0.2, -0.15) is 0 Å². The maximum absolute atomic E-state index is 12.3. The highest BCUT2D eigenvalue weighted by molar-refractivity contribution is 7.92. The molecule has 0 aliphatic rings. The third-order valence-corrected chi connectivity index (χ3v) is 5.79. The minimum Gasteiger partial charge on any atom is -0.355 e. The molecule has 0 atom stereocenters. The van der Waals surface area contributed by atoms with Crippen LogP contribution in [0.2, 0.25) is 5.02 Å². The second-order valence-corrected chi connectivity index (χ2v) is 8.91. The number of carbonyl (C=O) groups excluding carboxylic acids is 1. The second-order valence-electron chi connectivity index (χ2n) is 6.57. The number of carbonyl (C=O) groups is 1. The maximum Gasteiger partial charge on any atom is 0.240 e. The van der Waals surface area contributed by atoms with E-state index in [1.807, 2.05) is 44.2 Å². The summed E-state index contributed by atoms with van der Waals surface area (Å²) in [5.41, 5.74) is 3.50. The largest absolute Gasteiger partial charge is 0.355 e. The van der Waals surface area contributed by atoms with Gasteiger partial charge < -0.3 is 5.32 Å². The van der Waals surface area contributed by atoms with Crippen molar-refractivity contribution in [1.29, 1.82) is 0 Å². The zero-order valence-electron chi connectivity index (χ0n) is 15.8. The third kappa shape index (κ3) is 6.26. The molecule has 0 saturated heterocycles. The number of hydrogen-bond acceptors (Lipinski definition) is 3. The number of aryl methyl sites for hydroxylation is 2. The average molecular weight is 409 g/mol. The van der Waals surface area contributed by atoms with Crippen LogP contribution in [-0.4, -0.2) is 33.7 Å². The first kappa shape index (κ1) is 21.3. The van der Waals surface area contributed by atoms with Crippen LogP contribution in [0.25, 0.3) is 0 Å². The molecule has 2 rings (SSSR count). The molecule has 0 aliphatic heterocycles. The molecule has 0 fully saturated rings. The number of sulfonamides is 1. The maximum atomic E-state index is 12.3. The Morgan fingerprint density at radius 3 is 2.41 bits per heavy atom. The molecular formula is C20H25ClN2O3S. The molecule has 0 bridgehead atoms. The fraction of sp³-hybridized carbons (Fsp3) is 0.350. The standard InChI is InChI=1S/C20H25ClN2O3S/c1-15-6-4-8-19(16(15)2)23(27(3,25)26)14-20(24)22-13-5-7-17-9-11-18(21)12-10-17/h4,6,8-12H,5,7,13-14H2,1-3H3,(H,22,24). The van der Waals surface area contributed by atoms with E-state index in [-0.39, 0.29) is 12.5 Å². The van der Waals surface area contributed by atoms with Gasteiger partial charge in [0.15, 0.2) is 0 Å². The van der Waals surface area contributed by atoms with E-state index in [9.17, 15) is 13.2 Å². The molecule has 2 aromatic carbocycles. The van der Waals surface area contributed by atoms with Crippen LogP contribution in [0.3, 0.4) is 0 Å². The lowest BCUT2D eigenvalue weighted by molar-refractivity contribution is -0.119. The van der Waals surface area contributed by atoms with Gasteiger partial charge >= 0.3 is 0 Å². The van der Waals surface area contributed by atoms with E-state index >= 15 is 0 Å². The molecule has 27 heavy (non-hydrogen) atoms. The van der Waals surface area contributed by atoms with Crippen LogP contribution in [0, 0.1) is 13.8 Å². The molecule has 0 aliphatic carbocycles. The number of amides is 1. The lowest BCUT2D eigenvalue weighted by Crippen LogP contribution is -2.41. The summed E-state index contributed by atoms with van der Waals surface area (Å²) in [7, 11) is -3.57. The number of rotatable bonds is 8. The normalized spacial score (nSPS) is 11.3. The van der Waals surface area contributed by atoms with Crippen molar-refractivity contribution >= 4 is 33.2 Å². The number of nitrogens with one attached hydrogen (secondary N) is 1. The Morgan fingerprint density at radius 2 is 1.78 bits per heavy atom. The molecule has 1 amide bonds. The van der Waals surface area contributed by atoms with Crippen LogP contribution < -0.4 is 9.62 Å². The summed E-state index contributed by atoms with van der Waals surface area (Å²) < 4.78 is 25.6. The summed E-state index contributed by atoms with van der Waals surface area (Å²) in [6.07, 6.45) is 2.68. The molecule has 1 N–H and O–H groups in total. The molecule has 146 valence electrons. The first-order chi connectivity index (χ1) is 12.7. The minimum atomic E-state index is -3.57. The van der Waals surface area contributed by atoms with Gasteiger partial charge in [0.05, 0.1) is 11.9 Å². The van der Waals surface area contributed by atoms with Crippen molar-refractivity contribution in [2.75, 3.05) is 23.7 Å². The molecule has 0 radical (unpaired) electrons. The molecule has 0 saturated carbocycles. The SMILES string of the molecule is Cc1cccc(N(CC(=O)NCCCc2ccc(Cl)cc2)S(C)(=O)=O)c1C. The lowest BCUT2D eigenvalue weighted by Gasteiger charge is -2.24. The molecule has 7 heteroatoms. The van der Waals surface area contributed by atoms with E-state index in [2.05, 4.69) is 5.32 Å². The number of halogens is 1. The lowest BCUT2D eigenvalue weighted by atomic mass is 10.1. The molecule has 2 aromatic rings. The van der Waals surface area contributed by atoms with Gasteiger partial charge in [-0.15, -0.1) is 0 Å². The fourth-order valence-electron chi connectivity index (χ4n) is 2.74. The summed E-state index contributed by atoms with van der Waals surface area (Å²) in [5.74, 6) is -0.322. The van der Waals surface area contributed by atoms with Gasteiger partial charge in [0.1, 0.15) is 6.54 Å². The number of anilines is 1. The Balaban J connectivity index is 1.94. The Kier molecular flexibility index (Phi) is 7.27. The van der Waals surface area contributed by atoms with Gasteiger partial charge in [-0.1, -0.05) is 35.9 Å². The first-order valence-electron chi connectivity index (χ1n) is 8.73. The summed E-state index contributed by atoms with van der Waals surface area (Å²) in [6.45, 7) is 4.01. The van der Waals surface area contributed by atoms with Crippen molar-refractivity contribution in [2.45, 2.75) is 26.7 Å². The van der Waals surface area contributed by atoms with Crippen LogP contribution in [-0.2, 0) is 21.2 Å². The predicted molar refractivity (Wildman–Crippen MR) is 111 cm³/mol. The molecule has 5 nitrogen and oxygen atoms in total. The van der Waals surface area contributed by atoms with Crippen LogP contribution in [0.15, 0.2) is 42.5 Å². The van der Waals surface area contributed by atoms with Crippen molar-refractivity contribution in [3.63, 3.8) is 0 Å². The van der Waals surface area contributed by atoms with Crippen molar-refractivity contribution in [3.8, 4) is 0 Å². The fourth-order valence-corrected chi connectivity index (χ4v) is 3.78. The van der Waals surface area contributed by atoms with E-state index in [0.29, 0.717) is 17.3 Å². The summed E-state index contributed by atoms with van der Waals surface area (Å²) in [4.78, 5) is 12.3.